The Bertz CT molecular complexity index is 263. The molecule has 1 rings (SSSR count). The zero-order valence-corrected chi connectivity index (χ0v) is 8.71. The van der Waals surface area contributed by atoms with Crippen LogP contribution in [0.4, 0.5) is 0 Å². The molecule has 0 aromatic rings. The molecule has 0 unspecified atom stereocenters. The van der Waals surface area contributed by atoms with Crippen molar-refractivity contribution in [2.45, 2.75) is 44.7 Å². The molecule has 1 fully saturated rings. The second kappa shape index (κ2) is 3.97. The second-order valence-corrected chi connectivity index (χ2v) is 4.42. The van der Waals surface area contributed by atoms with Crippen molar-refractivity contribution in [2.75, 3.05) is 0 Å². The van der Waals surface area contributed by atoms with E-state index in [0.29, 0.717) is 12.3 Å². The number of nitriles is 1. The zero-order chi connectivity index (χ0) is 10.8. The number of amides is 1. The summed E-state index contributed by atoms with van der Waals surface area (Å²) in [6.45, 7) is 4.06. The van der Waals surface area contributed by atoms with Crippen LogP contribution in [0.3, 0.4) is 0 Å². The van der Waals surface area contributed by atoms with Crippen molar-refractivity contribution in [1.82, 2.24) is 5.32 Å². The highest BCUT2D eigenvalue weighted by molar-refractivity contribution is 5.80. The summed E-state index contributed by atoms with van der Waals surface area (Å²) < 4.78 is 0. The van der Waals surface area contributed by atoms with E-state index in [4.69, 9.17) is 11.0 Å². The lowest BCUT2D eigenvalue weighted by Gasteiger charge is -2.20. The number of carbonyl (C=O) groups is 1. The Morgan fingerprint density at radius 1 is 1.64 bits per heavy atom. The van der Waals surface area contributed by atoms with Gasteiger partial charge >= 0.3 is 0 Å². The molecule has 0 spiro atoms. The fourth-order valence-electron chi connectivity index (χ4n) is 1.46. The van der Waals surface area contributed by atoms with E-state index in [2.05, 4.69) is 11.4 Å². The van der Waals surface area contributed by atoms with Crippen LogP contribution in [0.15, 0.2) is 0 Å². The average Bonchev–Trinajstić information content (AvgIpc) is 2.83. The van der Waals surface area contributed by atoms with Gasteiger partial charge in [0, 0.05) is 0 Å². The van der Waals surface area contributed by atoms with E-state index in [9.17, 15) is 4.79 Å². The van der Waals surface area contributed by atoms with Gasteiger partial charge in [0.25, 0.3) is 0 Å². The van der Waals surface area contributed by atoms with E-state index >= 15 is 0 Å². The molecule has 0 heterocycles. The fourth-order valence-corrected chi connectivity index (χ4v) is 1.46. The molecule has 1 atom stereocenters. The summed E-state index contributed by atoms with van der Waals surface area (Å²) in [6.07, 6.45) is 2.34. The molecule has 1 aliphatic carbocycles. The Hall–Kier alpha value is -1.08. The van der Waals surface area contributed by atoms with Gasteiger partial charge in [-0.15, -0.1) is 0 Å². The van der Waals surface area contributed by atoms with Crippen molar-refractivity contribution in [3.63, 3.8) is 0 Å². The molecule has 14 heavy (non-hydrogen) atoms. The van der Waals surface area contributed by atoms with E-state index in [0.717, 1.165) is 12.8 Å². The van der Waals surface area contributed by atoms with Gasteiger partial charge in [0.05, 0.1) is 12.1 Å². The molecular formula is C10H17N3O. The molecule has 0 radical (unpaired) electrons. The summed E-state index contributed by atoms with van der Waals surface area (Å²) in [5.41, 5.74) is 4.80. The molecule has 3 N–H and O–H groups in total. The van der Waals surface area contributed by atoms with E-state index in [1.54, 1.807) is 0 Å². The molecule has 0 saturated heterocycles. The highest BCUT2D eigenvalue weighted by atomic mass is 16.1. The normalized spacial score (nSPS) is 20.1. The van der Waals surface area contributed by atoms with E-state index in [-0.39, 0.29) is 11.9 Å². The summed E-state index contributed by atoms with van der Waals surface area (Å²) in [4.78, 5) is 11.1. The van der Waals surface area contributed by atoms with Crippen LogP contribution >= 0.6 is 0 Å². The first-order valence-electron chi connectivity index (χ1n) is 4.97. The molecule has 0 bridgehead atoms. The average molecular weight is 195 g/mol. The van der Waals surface area contributed by atoms with Crippen LogP contribution in [0.5, 0.6) is 0 Å². The van der Waals surface area contributed by atoms with Gasteiger partial charge in [0.1, 0.15) is 5.54 Å². The monoisotopic (exact) mass is 195 g/mol. The Labute approximate surface area is 84.5 Å². The van der Waals surface area contributed by atoms with Crippen molar-refractivity contribution in [2.24, 2.45) is 11.7 Å². The summed E-state index contributed by atoms with van der Waals surface area (Å²) in [7, 11) is 0. The SMILES string of the molecule is CC(C)C[C@H](NC1(C#N)CC1)C(N)=O. The number of hydrogen-bond acceptors (Lipinski definition) is 3. The van der Waals surface area contributed by atoms with Crippen LogP contribution in [0.25, 0.3) is 0 Å². The quantitative estimate of drug-likeness (QED) is 0.671. The molecule has 1 aliphatic rings. The lowest BCUT2D eigenvalue weighted by atomic mass is 10.0. The Morgan fingerprint density at radius 2 is 2.21 bits per heavy atom. The first-order valence-corrected chi connectivity index (χ1v) is 4.97. The fraction of sp³-hybridized carbons (Fsp3) is 0.800. The summed E-state index contributed by atoms with van der Waals surface area (Å²) in [6, 6.07) is 1.83. The predicted octanol–water partition coefficient (Wildman–Crippen LogP) is 0.532. The molecule has 1 amide bonds. The first kappa shape index (κ1) is 11.0. The summed E-state index contributed by atoms with van der Waals surface area (Å²) in [5, 5.41) is 11.9. The Morgan fingerprint density at radius 3 is 2.50 bits per heavy atom. The second-order valence-electron chi connectivity index (χ2n) is 4.42. The van der Waals surface area contributed by atoms with Crippen LogP contribution in [0.1, 0.15) is 33.1 Å². The molecule has 0 aromatic heterocycles. The summed E-state index contributed by atoms with van der Waals surface area (Å²) in [5.74, 6) is 0.0368. The maximum absolute atomic E-state index is 11.1. The van der Waals surface area contributed by atoms with Crippen molar-refractivity contribution in [3.8, 4) is 6.07 Å². The molecule has 4 nitrogen and oxygen atoms in total. The number of nitrogens with two attached hydrogens (primary N) is 1. The van der Waals surface area contributed by atoms with E-state index < -0.39 is 5.54 Å². The van der Waals surface area contributed by atoms with Crippen LogP contribution in [0, 0.1) is 17.2 Å². The van der Waals surface area contributed by atoms with Gasteiger partial charge in [0.15, 0.2) is 0 Å². The van der Waals surface area contributed by atoms with E-state index in [1.807, 2.05) is 13.8 Å². The van der Waals surface area contributed by atoms with Crippen LogP contribution < -0.4 is 11.1 Å². The third-order valence-electron chi connectivity index (χ3n) is 2.47. The van der Waals surface area contributed by atoms with Gasteiger partial charge in [-0.05, 0) is 25.2 Å². The predicted molar refractivity (Wildman–Crippen MR) is 53.2 cm³/mol. The maximum atomic E-state index is 11.1. The molecule has 78 valence electrons. The lowest BCUT2D eigenvalue weighted by Crippen LogP contribution is -2.47. The number of carbonyl (C=O) groups excluding carboxylic acids is 1. The number of primary amides is 1. The van der Waals surface area contributed by atoms with Crippen molar-refractivity contribution >= 4 is 5.91 Å². The third-order valence-corrected chi connectivity index (χ3v) is 2.47. The number of nitrogens with zero attached hydrogens (tertiary/aromatic N) is 1. The topological polar surface area (TPSA) is 78.9 Å². The number of nitrogens with one attached hydrogen (secondary N) is 1. The van der Waals surface area contributed by atoms with Crippen LogP contribution in [0.2, 0.25) is 0 Å². The summed E-state index contributed by atoms with van der Waals surface area (Å²) >= 11 is 0. The Kier molecular flexibility index (Phi) is 3.12. The number of rotatable bonds is 5. The molecule has 1 saturated carbocycles. The van der Waals surface area contributed by atoms with Crippen LogP contribution in [-0.4, -0.2) is 17.5 Å². The smallest absolute Gasteiger partial charge is 0.234 e. The first-order chi connectivity index (χ1) is 6.49. The van der Waals surface area contributed by atoms with Gasteiger partial charge < -0.3 is 5.73 Å². The molecule has 4 heteroatoms. The largest absolute Gasteiger partial charge is 0.368 e. The Balaban J connectivity index is 2.53. The van der Waals surface area contributed by atoms with Gasteiger partial charge in [-0.25, -0.2) is 0 Å². The van der Waals surface area contributed by atoms with Crippen LogP contribution in [-0.2, 0) is 4.79 Å². The van der Waals surface area contributed by atoms with Gasteiger partial charge in [-0.2, -0.15) is 5.26 Å². The highest BCUT2D eigenvalue weighted by Gasteiger charge is 2.45. The minimum Gasteiger partial charge on any atom is -0.368 e. The van der Waals surface area contributed by atoms with Crippen molar-refractivity contribution in [1.29, 1.82) is 5.26 Å². The van der Waals surface area contributed by atoms with Crippen molar-refractivity contribution in [3.05, 3.63) is 0 Å². The molecule has 0 aromatic carbocycles. The molecule has 0 aliphatic heterocycles. The van der Waals surface area contributed by atoms with Gasteiger partial charge in [-0.1, -0.05) is 13.8 Å². The zero-order valence-electron chi connectivity index (χ0n) is 8.71. The highest BCUT2D eigenvalue weighted by Crippen LogP contribution is 2.35. The lowest BCUT2D eigenvalue weighted by molar-refractivity contribution is -0.120. The number of hydrogen-bond donors (Lipinski definition) is 2. The third kappa shape index (κ3) is 2.71. The minimum atomic E-state index is -0.464. The van der Waals surface area contributed by atoms with E-state index in [1.165, 1.54) is 0 Å². The molecular weight excluding hydrogens is 178 g/mol. The maximum Gasteiger partial charge on any atom is 0.234 e. The van der Waals surface area contributed by atoms with Gasteiger partial charge in [-0.3, -0.25) is 10.1 Å². The van der Waals surface area contributed by atoms with Gasteiger partial charge in [0.2, 0.25) is 5.91 Å². The van der Waals surface area contributed by atoms with Crippen molar-refractivity contribution < 1.29 is 4.79 Å². The standard InChI is InChI=1S/C10H17N3O/c1-7(2)5-8(9(12)14)13-10(6-11)3-4-10/h7-8,13H,3-5H2,1-2H3,(H2,12,14)/t8-/m0/s1. The minimum absolute atomic E-state index is 0.361.